The zero-order valence-electron chi connectivity index (χ0n) is 11.2. The van der Waals surface area contributed by atoms with E-state index < -0.39 is 0 Å². The Kier molecular flexibility index (Phi) is 5.05. The second-order valence-corrected chi connectivity index (χ2v) is 4.33. The predicted molar refractivity (Wildman–Crippen MR) is 79.4 cm³/mol. The van der Waals surface area contributed by atoms with E-state index in [0.29, 0.717) is 18.8 Å². The van der Waals surface area contributed by atoms with Gasteiger partial charge in [0.25, 0.3) is 0 Å². The van der Waals surface area contributed by atoms with Gasteiger partial charge < -0.3 is 15.2 Å². The van der Waals surface area contributed by atoms with Crippen LogP contribution in [0.4, 0.5) is 0 Å². The van der Waals surface area contributed by atoms with Gasteiger partial charge in [-0.2, -0.15) is 0 Å². The van der Waals surface area contributed by atoms with Crippen LogP contribution in [-0.2, 0) is 13.1 Å². The summed E-state index contributed by atoms with van der Waals surface area (Å²) in [5, 5.41) is 13.0. The van der Waals surface area contributed by atoms with Crippen molar-refractivity contribution in [3.63, 3.8) is 0 Å². The molecule has 20 heavy (non-hydrogen) atoms. The van der Waals surface area contributed by atoms with Crippen LogP contribution in [0.1, 0.15) is 11.1 Å². The fraction of sp³-hybridized carbons (Fsp3) is 0.176. The van der Waals surface area contributed by atoms with Crippen molar-refractivity contribution >= 4 is 0 Å². The molecule has 0 aliphatic rings. The van der Waals surface area contributed by atoms with Gasteiger partial charge in [-0.05, 0) is 12.1 Å². The summed E-state index contributed by atoms with van der Waals surface area (Å²) in [5.41, 5.74) is 1.91. The summed E-state index contributed by atoms with van der Waals surface area (Å²) < 4.78 is 5.49. The minimum Gasteiger partial charge on any atom is -0.508 e. The monoisotopic (exact) mass is 267 g/mol. The highest BCUT2D eigenvalue weighted by atomic mass is 16.5. The van der Waals surface area contributed by atoms with Gasteiger partial charge in [-0.15, -0.1) is 6.42 Å². The maximum Gasteiger partial charge on any atom is 0.148 e. The Morgan fingerprint density at radius 3 is 2.40 bits per heavy atom. The Hall–Kier alpha value is -2.44. The summed E-state index contributed by atoms with van der Waals surface area (Å²) in [6.07, 6.45) is 5.20. The molecule has 2 aromatic carbocycles. The molecule has 0 spiro atoms. The predicted octanol–water partition coefficient (Wildman–Crippen LogP) is 2.69. The molecular weight excluding hydrogens is 250 g/mol. The molecule has 2 aromatic rings. The first-order valence-corrected chi connectivity index (χ1v) is 6.43. The Balaban J connectivity index is 1.94. The molecule has 0 aliphatic carbocycles. The molecule has 0 heterocycles. The molecule has 0 amide bonds. The van der Waals surface area contributed by atoms with Gasteiger partial charge in [0.05, 0.1) is 0 Å². The van der Waals surface area contributed by atoms with Crippen molar-refractivity contribution in [1.82, 2.24) is 5.32 Å². The third kappa shape index (κ3) is 3.78. The molecule has 0 aliphatic heterocycles. The number of para-hydroxylation sites is 2. The van der Waals surface area contributed by atoms with Crippen molar-refractivity contribution in [2.45, 2.75) is 13.1 Å². The molecule has 0 bridgehead atoms. The van der Waals surface area contributed by atoms with Crippen molar-refractivity contribution in [2.24, 2.45) is 0 Å². The first-order chi connectivity index (χ1) is 9.81. The number of aromatic hydroxyl groups is 1. The number of phenols is 1. The van der Waals surface area contributed by atoms with E-state index >= 15 is 0 Å². The van der Waals surface area contributed by atoms with Gasteiger partial charge in [0.2, 0.25) is 0 Å². The van der Waals surface area contributed by atoms with Crippen LogP contribution in [0.3, 0.4) is 0 Å². The molecule has 0 aromatic heterocycles. The van der Waals surface area contributed by atoms with Gasteiger partial charge in [0.15, 0.2) is 0 Å². The maximum absolute atomic E-state index is 9.69. The minimum absolute atomic E-state index is 0.260. The lowest BCUT2D eigenvalue weighted by atomic mass is 10.1. The first kappa shape index (κ1) is 14.0. The zero-order chi connectivity index (χ0) is 14.2. The molecule has 102 valence electrons. The topological polar surface area (TPSA) is 41.5 Å². The zero-order valence-corrected chi connectivity index (χ0v) is 11.2. The van der Waals surface area contributed by atoms with Crippen molar-refractivity contribution in [2.75, 3.05) is 6.61 Å². The van der Waals surface area contributed by atoms with Crippen LogP contribution in [-0.4, -0.2) is 11.7 Å². The van der Waals surface area contributed by atoms with Crippen molar-refractivity contribution in [1.29, 1.82) is 0 Å². The number of hydrogen-bond acceptors (Lipinski definition) is 3. The van der Waals surface area contributed by atoms with Gasteiger partial charge in [-0.25, -0.2) is 0 Å². The number of nitrogens with one attached hydrogen (secondary N) is 1. The fourth-order valence-electron chi connectivity index (χ4n) is 1.90. The molecule has 0 radical (unpaired) electrons. The SMILES string of the molecule is C#CCOc1ccccc1CNCc1ccccc1O. The summed E-state index contributed by atoms with van der Waals surface area (Å²) >= 11 is 0. The summed E-state index contributed by atoms with van der Waals surface area (Å²) in [4.78, 5) is 0. The Morgan fingerprint density at radius 1 is 1.00 bits per heavy atom. The van der Waals surface area contributed by atoms with E-state index in [2.05, 4.69) is 11.2 Å². The van der Waals surface area contributed by atoms with Crippen LogP contribution in [0.15, 0.2) is 48.5 Å². The average molecular weight is 267 g/mol. The molecule has 3 heteroatoms. The molecular formula is C17H17NO2. The highest BCUT2D eigenvalue weighted by Gasteiger charge is 2.03. The van der Waals surface area contributed by atoms with E-state index in [1.54, 1.807) is 6.07 Å². The standard InChI is InChI=1S/C17H17NO2/c1-2-11-20-17-10-6-4-8-15(17)13-18-12-14-7-3-5-9-16(14)19/h1,3-10,18-19H,11-13H2. The average Bonchev–Trinajstić information content (AvgIpc) is 2.48. The van der Waals surface area contributed by atoms with E-state index in [9.17, 15) is 5.11 Å². The number of benzene rings is 2. The minimum atomic E-state index is 0.260. The third-order valence-electron chi connectivity index (χ3n) is 2.91. The van der Waals surface area contributed by atoms with Crippen molar-refractivity contribution in [3.05, 3.63) is 59.7 Å². The van der Waals surface area contributed by atoms with Crippen LogP contribution < -0.4 is 10.1 Å². The van der Waals surface area contributed by atoms with Crippen LogP contribution in [0.2, 0.25) is 0 Å². The second-order valence-electron chi connectivity index (χ2n) is 4.33. The van der Waals surface area contributed by atoms with Crippen LogP contribution in [0, 0.1) is 12.3 Å². The van der Waals surface area contributed by atoms with Gasteiger partial charge in [-0.1, -0.05) is 42.3 Å². The number of rotatable bonds is 6. The Labute approximate surface area is 119 Å². The molecule has 0 saturated carbocycles. The van der Waals surface area contributed by atoms with Gasteiger partial charge in [-0.3, -0.25) is 0 Å². The van der Waals surface area contributed by atoms with Crippen molar-refractivity contribution < 1.29 is 9.84 Å². The summed E-state index contributed by atoms with van der Waals surface area (Å²) in [6.45, 7) is 1.50. The number of ether oxygens (including phenoxy) is 1. The van der Waals surface area contributed by atoms with Gasteiger partial charge >= 0.3 is 0 Å². The Bertz CT molecular complexity index is 602. The van der Waals surface area contributed by atoms with E-state index in [1.807, 2.05) is 42.5 Å². The van der Waals surface area contributed by atoms with Crippen LogP contribution in [0.25, 0.3) is 0 Å². The number of hydrogen-bond donors (Lipinski definition) is 2. The molecule has 2 N–H and O–H groups in total. The van der Waals surface area contributed by atoms with E-state index in [-0.39, 0.29) is 6.61 Å². The van der Waals surface area contributed by atoms with E-state index in [1.165, 1.54) is 0 Å². The number of phenolic OH excluding ortho intramolecular Hbond substituents is 1. The largest absolute Gasteiger partial charge is 0.508 e. The lowest BCUT2D eigenvalue weighted by molar-refractivity contribution is 0.364. The molecule has 0 unspecified atom stereocenters. The summed E-state index contributed by atoms with van der Waals surface area (Å²) in [7, 11) is 0. The van der Waals surface area contributed by atoms with Crippen LogP contribution in [0.5, 0.6) is 11.5 Å². The molecule has 2 rings (SSSR count). The fourth-order valence-corrected chi connectivity index (χ4v) is 1.90. The molecule has 0 fully saturated rings. The highest BCUT2D eigenvalue weighted by molar-refractivity contribution is 5.34. The summed E-state index contributed by atoms with van der Waals surface area (Å²) in [5.74, 6) is 3.55. The smallest absolute Gasteiger partial charge is 0.148 e. The molecule has 0 atom stereocenters. The first-order valence-electron chi connectivity index (χ1n) is 6.43. The summed E-state index contributed by atoms with van der Waals surface area (Å²) in [6, 6.07) is 15.0. The quantitative estimate of drug-likeness (QED) is 0.791. The highest BCUT2D eigenvalue weighted by Crippen LogP contribution is 2.19. The van der Waals surface area contributed by atoms with Gasteiger partial charge in [0.1, 0.15) is 18.1 Å². The lowest BCUT2D eigenvalue weighted by Gasteiger charge is -2.11. The molecule has 3 nitrogen and oxygen atoms in total. The van der Waals surface area contributed by atoms with E-state index in [4.69, 9.17) is 11.2 Å². The second kappa shape index (κ2) is 7.22. The van der Waals surface area contributed by atoms with Gasteiger partial charge in [0, 0.05) is 24.2 Å². The van der Waals surface area contributed by atoms with Crippen LogP contribution >= 0.6 is 0 Å². The Morgan fingerprint density at radius 2 is 1.65 bits per heavy atom. The maximum atomic E-state index is 9.69. The molecule has 0 saturated heterocycles. The van der Waals surface area contributed by atoms with Crippen molar-refractivity contribution in [3.8, 4) is 23.8 Å². The lowest BCUT2D eigenvalue weighted by Crippen LogP contribution is -2.13. The normalized spacial score (nSPS) is 9.95. The third-order valence-corrected chi connectivity index (χ3v) is 2.91. The van der Waals surface area contributed by atoms with E-state index in [0.717, 1.165) is 16.9 Å². The number of terminal acetylenes is 1.